The zero-order valence-electron chi connectivity index (χ0n) is 11.4. The molecule has 19 heavy (non-hydrogen) atoms. The molecule has 1 aromatic carbocycles. The zero-order chi connectivity index (χ0) is 14.3. The van der Waals surface area contributed by atoms with Gasteiger partial charge >= 0.3 is 5.97 Å². The number of hydrogen-bond acceptors (Lipinski definition) is 6. The molecular weight excluding hydrogens is 266 g/mol. The highest BCUT2D eigenvalue weighted by Crippen LogP contribution is 2.32. The van der Waals surface area contributed by atoms with E-state index in [1.165, 1.54) is 20.3 Å². The molecule has 5 nitrogen and oxygen atoms in total. The maximum atomic E-state index is 11.9. The molecule has 6 heteroatoms. The van der Waals surface area contributed by atoms with Gasteiger partial charge in [-0.3, -0.25) is 0 Å². The lowest BCUT2D eigenvalue weighted by molar-refractivity contribution is 0.0531. The van der Waals surface area contributed by atoms with Gasteiger partial charge in [0.1, 0.15) is 6.61 Å². The van der Waals surface area contributed by atoms with Crippen LogP contribution in [0.3, 0.4) is 0 Å². The van der Waals surface area contributed by atoms with Gasteiger partial charge in [0, 0.05) is 17.9 Å². The van der Waals surface area contributed by atoms with Crippen molar-refractivity contribution in [1.29, 1.82) is 0 Å². The van der Waals surface area contributed by atoms with Crippen LogP contribution in [0.1, 0.15) is 17.3 Å². The molecule has 0 aliphatic carbocycles. The number of nitrogen functional groups attached to an aromatic ring is 1. The Hall–Kier alpha value is -1.56. The Labute approximate surface area is 117 Å². The molecule has 0 fully saturated rings. The van der Waals surface area contributed by atoms with Gasteiger partial charge in [-0.2, -0.15) is 11.8 Å². The quantitative estimate of drug-likeness (QED) is 0.470. The Bertz CT molecular complexity index is 437. The highest BCUT2D eigenvalue weighted by molar-refractivity contribution is 7.99. The number of carbonyl (C=O) groups excluding carboxylic acids is 1. The summed E-state index contributed by atoms with van der Waals surface area (Å²) in [6.07, 6.45) is 0. The Morgan fingerprint density at radius 3 is 2.47 bits per heavy atom. The van der Waals surface area contributed by atoms with Crippen LogP contribution in [0.25, 0.3) is 0 Å². The van der Waals surface area contributed by atoms with E-state index in [-0.39, 0.29) is 0 Å². The van der Waals surface area contributed by atoms with Crippen molar-refractivity contribution >= 4 is 23.4 Å². The first kappa shape index (κ1) is 15.5. The average molecular weight is 285 g/mol. The molecular formula is C13H19NO4S. The normalized spacial score (nSPS) is 10.1. The lowest BCUT2D eigenvalue weighted by Gasteiger charge is -2.12. The van der Waals surface area contributed by atoms with Gasteiger partial charge in [-0.25, -0.2) is 4.79 Å². The van der Waals surface area contributed by atoms with E-state index >= 15 is 0 Å². The summed E-state index contributed by atoms with van der Waals surface area (Å²) in [5, 5.41) is 0. The molecule has 1 aromatic rings. The summed E-state index contributed by atoms with van der Waals surface area (Å²) >= 11 is 1.71. The number of rotatable bonds is 7. The summed E-state index contributed by atoms with van der Waals surface area (Å²) in [5.41, 5.74) is 6.41. The summed E-state index contributed by atoms with van der Waals surface area (Å²) in [6.45, 7) is 2.42. The minimum atomic E-state index is -0.449. The van der Waals surface area contributed by atoms with E-state index in [9.17, 15) is 4.79 Å². The molecule has 0 unspecified atom stereocenters. The van der Waals surface area contributed by atoms with Crippen molar-refractivity contribution in [2.45, 2.75) is 6.92 Å². The van der Waals surface area contributed by atoms with Gasteiger partial charge in [0.05, 0.1) is 25.5 Å². The largest absolute Gasteiger partial charge is 0.493 e. The molecule has 106 valence electrons. The first-order valence-corrected chi connectivity index (χ1v) is 7.05. The maximum absolute atomic E-state index is 11.9. The molecule has 0 spiro atoms. The molecule has 0 amide bonds. The van der Waals surface area contributed by atoms with E-state index in [1.807, 2.05) is 0 Å². The van der Waals surface area contributed by atoms with Crippen molar-refractivity contribution in [1.82, 2.24) is 0 Å². The number of nitrogens with two attached hydrogens (primary N) is 1. The number of esters is 1. The first-order chi connectivity index (χ1) is 9.13. The van der Waals surface area contributed by atoms with Crippen molar-refractivity contribution in [3.05, 3.63) is 17.7 Å². The lowest BCUT2D eigenvalue weighted by Crippen LogP contribution is -2.11. The van der Waals surface area contributed by atoms with Crippen LogP contribution in [0.5, 0.6) is 11.5 Å². The van der Waals surface area contributed by atoms with Gasteiger partial charge in [-0.15, -0.1) is 0 Å². The fourth-order valence-electron chi connectivity index (χ4n) is 1.49. The molecule has 0 saturated carbocycles. The molecule has 0 saturated heterocycles. The highest BCUT2D eigenvalue weighted by atomic mass is 32.2. The van der Waals surface area contributed by atoms with Gasteiger partial charge < -0.3 is 19.9 Å². The topological polar surface area (TPSA) is 70.8 Å². The van der Waals surface area contributed by atoms with Crippen molar-refractivity contribution in [2.24, 2.45) is 0 Å². The zero-order valence-corrected chi connectivity index (χ0v) is 12.2. The summed E-state index contributed by atoms with van der Waals surface area (Å²) in [4.78, 5) is 11.9. The maximum Gasteiger partial charge on any atom is 0.340 e. The number of carbonyl (C=O) groups is 1. The fraction of sp³-hybridized carbons (Fsp3) is 0.462. The molecule has 2 N–H and O–H groups in total. The lowest BCUT2D eigenvalue weighted by atomic mass is 10.1. The second kappa shape index (κ2) is 7.78. The number of thioether (sulfide) groups is 1. The van der Waals surface area contributed by atoms with E-state index < -0.39 is 5.97 Å². The number of anilines is 1. The molecule has 0 aromatic heterocycles. The third kappa shape index (κ3) is 4.24. The van der Waals surface area contributed by atoms with Crippen LogP contribution in [0, 0.1) is 0 Å². The summed E-state index contributed by atoms with van der Waals surface area (Å²) in [7, 11) is 3.01. The van der Waals surface area contributed by atoms with Crippen molar-refractivity contribution < 1.29 is 19.0 Å². The van der Waals surface area contributed by atoms with Gasteiger partial charge in [-0.1, -0.05) is 6.92 Å². The Morgan fingerprint density at radius 1 is 1.26 bits per heavy atom. The van der Waals surface area contributed by atoms with Crippen LogP contribution >= 0.6 is 11.8 Å². The van der Waals surface area contributed by atoms with Crippen molar-refractivity contribution in [3.63, 3.8) is 0 Å². The van der Waals surface area contributed by atoms with Crippen LogP contribution in [0.15, 0.2) is 12.1 Å². The van der Waals surface area contributed by atoms with E-state index in [2.05, 4.69) is 6.92 Å². The fourth-order valence-corrected chi connectivity index (χ4v) is 1.98. The smallest absolute Gasteiger partial charge is 0.340 e. The monoisotopic (exact) mass is 285 g/mol. The number of methoxy groups -OCH3 is 2. The Balaban J connectivity index is 2.79. The number of ether oxygens (including phenoxy) is 3. The molecule has 0 bridgehead atoms. The van der Waals surface area contributed by atoms with Crippen LogP contribution in [-0.2, 0) is 4.74 Å². The average Bonchev–Trinajstić information content (AvgIpc) is 2.42. The molecule has 0 aliphatic rings. The first-order valence-electron chi connectivity index (χ1n) is 5.90. The molecule has 0 radical (unpaired) electrons. The van der Waals surface area contributed by atoms with E-state index in [0.717, 1.165) is 11.5 Å². The van der Waals surface area contributed by atoms with Gasteiger partial charge in [0.15, 0.2) is 11.5 Å². The SMILES string of the molecule is CCSCCOC(=O)c1cc(OC)c(OC)cc1N. The van der Waals surface area contributed by atoms with Gasteiger partial charge in [-0.05, 0) is 5.75 Å². The van der Waals surface area contributed by atoms with Crippen molar-refractivity contribution in [2.75, 3.05) is 38.1 Å². The minimum Gasteiger partial charge on any atom is -0.493 e. The summed E-state index contributed by atoms with van der Waals surface area (Å²) in [5.74, 6) is 2.26. The van der Waals surface area contributed by atoms with Crippen LogP contribution in [0.2, 0.25) is 0 Å². The van der Waals surface area contributed by atoms with E-state index in [4.69, 9.17) is 19.9 Å². The molecule has 0 atom stereocenters. The number of benzene rings is 1. The number of hydrogen-bond donors (Lipinski definition) is 1. The van der Waals surface area contributed by atoms with Crippen LogP contribution in [0.4, 0.5) is 5.69 Å². The van der Waals surface area contributed by atoms with E-state index in [1.54, 1.807) is 17.8 Å². The minimum absolute atomic E-state index is 0.291. The van der Waals surface area contributed by atoms with Gasteiger partial charge in [0.25, 0.3) is 0 Å². The van der Waals surface area contributed by atoms with Crippen LogP contribution < -0.4 is 15.2 Å². The second-order valence-corrected chi connectivity index (χ2v) is 5.02. The van der Waals surface area contributed by atoms with Crippen LogP contribution in [-0.4, -0.2) is 38.3 Å². The predicted molar refractivity (Wildman–Crippen MR) is 77.2 cm³/mol. The summed E-state index contributed by atoms with van der Waals surface area (Å²) in [6, 6.07) is 3.08. The third-order valence-corrected chi connectivity index (χ3v) is 3.30. The molecule has 1 rings (SSSR count). The third-order valence-electron chi connectivity index (χ3n) is 2.44. The predicted octanol–water partition coefficient (Wildman–Crippen LogP) is 2.20. The highest BCUT2D eigenvalue weighted by Gasteiger charge is 2.16. The second-order valence-electron chi connectivity index (χ2n) is 3.63. The molecule has 0 heterocycles. The standard InChI is InChI=1S/C13H19NO4S/c1-4-19-6-5-18-13(15)9-7-11(16-2)12(17-3)8-10(9)14/h7-8H,4-6,14H2,1-3H3. The Kier molecular flexibility index (Phi) is 6.35. The Morgan fingerprint density at radius 2 is 1.89 bits per heavy atom. The van der Waals surface area contributed by atoms with Crippen molar-refractivity contribution in [3.8, 4) is 11.5 Å². The molecule has 0 aliphatic heterocycles. The van der Waals surface area contributed by atoms with Gasteiger partial charge in [0.2, 0.25) is 0 Å². The van der Waals surface area contributed by atoms with E-state index in [0.29, 0.717) is 29.4 Å². The summed E-state index contributed by atoms with van der Waals surface area (Å²) < 4.78 is 15.4.